The second kappa shape index (κ2) is 12.6. The van der Waals surface area contributed by atoms with Crippen LogP contribution in [0.3, 0.4) is 0 Å². The Morgan fingerprint density at radius 1 is 1.14 bits per heavy atom. The first kappa shape index (κ1) is 30.3. The molecular weight excluding hydrogens is 567 g/mol. The number of para-hydroxylation sites is 1. The highest BCUT2D eigenvalue weighted by molar-refractivity contribution is 7.52. The van der Waals surface area contributed by atoms with E-state index in [0.717, 1.165) is 32.1 Å². The van der Waals surface area contributed by atoms with E-state index < -0.39 is 50.4 Å². The number of imidazole rings is 1. The van der Waals surface area contributed by atoms with Crippen LogP contribution >= 0.6 is 7.75 Å². The first-order valence-corrected chi connectivity index (χ1v) is 15.6. The number of esters is 1. The Hall–Kier alpha value is -3.13. The third-order valence-corrected chi connectivity index (χ3v) is 9.31. The predicted octanol–water partition coefficient (Wildman–Crippen LogP) is 2.78. The van der Waals surface area contributed by atoms with Gasteiger partial charge in [0.25, 0.3) is 0 Å². The number of benzene rings is 1. The number of rotatable bonds is 10. The van der Waals surface area contributed by atoms with E-state index in [1.807, 2.05) is 0 Å². The molecule has 3 heterocycles. The van der Waals surface area contributed by atoms with Gasteiger partial charge in [-0.2, -0.15) is 5.09 Å². The SMILES string of the molecule is Cc1ccccc1OP(=O)(NC(C)C(=O)OC1CCCCC1)OC(C)[C@H]1O[C@@H](n2cnc3c(N)ncnc32)[C@H](O)[C@@H]1O. The van der Waals surface area contributed by atoms with Gasteiger partial charge in [0.05, 0.1) is 12.4 Å². The molecule has 1 saturated carbocycles. The summed E-state index contributed by atoms with van der Waals surface area (Å²) in [5, 5.41) is 24.5. The molecule has 2 aromatic heterocycles. The molecule has 5 rings (SSSR count). The number of nitrogens with one attached hydrogen (secondary N) is 1. The molecule has 1 aromatic carbocycles. The van der Waals surface area contributed by atoms with Gasteiger partial charge in [-0.05, 0) is 58.1 Å². The smallest absolute Gasteiger partial charge is 0.459 e. The molecule has 0 bridgehead atoms. The first-order valence-electron chi connectivity index (χ1n) is 14.0. The standard InChI is InChI=1S/C27H37N6O8P/c1-15-9-7-8-12-19(15)41-42(37,32-16(2)27(36)38-18-10-5-4-6-11-18)40-17(3)23-21(34)22(35)26(39-23)33-14-31-20-24(28)29-13-30-25(20)33/h7-9,12-14,16-18,21-23,26,34-35H,4-6,10-11H2,1-3H3,(H,32,37)(H2,28,29,30)/t16?,17?,21-,22+,23+,26+,42?/m0/s1. The van der Waals surface area contributed by atoms with Gasteiger partial charge in [0, 0.05) is 0 Å². The van der Waals surface area contributed by atoms with E-state index >= 15 is 0 Å². The van der Waals surface area contributed by atoms with Crippen LogP contribution in [-0.2, 0) is 23.4 Å². The molecule has 1 aliphatic carbocycles. The third kappa shape index (κ3) is 6.43. The topological polar surface area (TPSA) is 193 Å². The summed E-state index contributed by atoms with van der Waals surface area (Å²) in [6.45, 7) is 4.82. The molecule has 2 fully saturated rings. The molecule has 1 aliphatic heterocycles. The number of carbonyl (C=O) groups is 1. The Labute approximate surface area is 243 Å². The fourth-order valence-corrected chi connectivity index (χ4v) is 7.00. The molecule has 228 valence electrons. The largest absolute Gasteiger partial charge is 0.461 e. The molecule has 42 heavy (non-hydrogen) atoms. The van der Waals surface area contributed by atoms with Crippen LogP contribution in [-0.4, -0.2) is 72.3 Å². The monoisotopic (exact) mass is 604 g/mol. The zero-order valence-electron chi connectivity index (χ0n) is 23.7. The van der Waals surface area contributed by atoms with Crippen LogP contribution in [0.2, 0.25) is 0 Å². The molecule has 5 N–H and O–H groups in total. The highest BCUT2D eigenvalue weighted by Gasteiger charge is 2.49. The van der Waals surface area contributed by atoms with E-state index in [9.17, 15) is 19.6 Å². The Morgan fingerprint density at radius 3 is 2.62 bits per heavy atom. The van der Waals surface area contributed by atoms with Crippen molar-refractivity contribution in [3.05, 3.63) is 42.5 Å². The Kier molecular flexibility index (Phi) is 9.11. The average Bonchev–Trinajstić information content (AvgIpc) is 3.52. The van der Waals surface area contributed by atoms with E-state index in [1.54, 1.807) is 31.2 Å². The van der Waals surface area contributed by atoms with Crippen LogP contribution < -0.4 is 15.3 Å². The number of nitrogens with zero attached hydrogens (tertiary/aromatic N) is 4. The summed E-state index contributed by atoms with van der Waals surface area (Å²) in [5.74, 6) is -0.148. The minimum absolute atomic E-state index is 0.150. The molecule has 1 saturated heterocycles. The van der Waals surface area contributed by atoms with Crippen molar-refractivity contribution in [3.63, 3.8) is 0 Å². The van der Waals surface area contributed by atoms with Crippen molar-refractivity contribution in [1.82, 2.24) is 24.6 Å². The average molecular weight is 605 g/mol. The minimum atomic E-state index is -4.29. The van der Waals surface area contributed by atoms with E-state index in [4.69, 9.17) is 24.3 Å². The van der Waals surface area contributed by atoms with Crippen LogP contribution in [0.15, 0.2) is 36.9 Å². The number of aliphatic hydroxyl groups is 2. The van der Waals surface area contributed by atoms with Crippen molar-refractivity contribution in [3.8, 4) is 5.75 Å². The van der Waals surface area contributed by atoms with Crippen molar-refractivity contribution >= 4 is 30.7 Å². The number of nitrogen functional groups attached to an aromatic ring is 1. The molecule has 0 spiro atoms. The highest BCUT2D eigenvalue weighted by Crippen LogP contribution is 2.48. The van der Waals surface area contributed by atoms with Crippen molar-refractivity contribution in [1.29, 1.82) is 0 Å². The predicted molar refractivity (Wildman–Crippen MR) is 151 cm³/mol. The van der Waals surface area contributed by atoms with Gasteiger partial charge in [-0.15, -0.1) is 0 Å². The summed E-state index contributed by atoms with van der Waals surface area (Å²) < 4.78 is 39.1. The number of aliphatic hydroxyl groups excluding tert-OH is 2. The van der Waals surface area contributed by atoms with Crippen molar-refractivity contribution in [2.24, 2.45) is 0 Å². The van der Waals surface area contributed by atoms with Gasteiger partial charge in [0.15, 0.2) is 17.7 Å². The summed E-state index contributed by atoms with van der Waals surface area (Å²) in [5.41, 5.74) is 7.18. The minimum Gasteiger partial charge on any atom is -0.461 e. The van der Waals surface area contributed by atoms with Crippen molar-refractivity contribution in [2.45, 2.75) is 95.7 Å². The van der Waals surface area contributed by atoms with Gasteiger partial charge in [0.2, 0.25) is 0 Å². The summed E-state index contributed by atoms with van der Waals surface area (Å²) >= 11 is 0. The van der Waals surface area contributed by atoms with E-state index in [0.29, 0.717) is 16.7 Å². The van der Waals surface area contributed by atoms with E-state index in [2.05, 4.69) is 20.0 Å². The van der Waals surface area contributed by atoms with E-state index in [-0.39, 0.29) is 17.7 Å². The molecule has 15 heteroatoms. The fraction of sp³-hybridized carbons (Fsp3) is 0.556. The first-order chi connectivity index (χ1) is 20.1. The number of ether oxygens (including phenoxy) is 2. The Morgan fingerprint density at radius 2 is 1.88 bits per heavy atom. The van der Waals surface area contributed by atoms with E-state index in [1.165, 1.54) is 31.1 Å². The Bertz CT molecular complexity index is 1450. The molecule has 0 radical (unpaired) electrons. The highest BCUT2D eigenvalue weighted by atomic mass is 31.2. The molecule has 2 aliphatic rings. The zero-order chi connectivity index (χ0) is 30.0. The summed E-state index contributed by atoms with van der Waals surface area (Å²) in [6, 6.07) is 5.88. The second-order valence-electron chi connectivity index (χ2n) is 10.8. The molecule has 3 aromatic rings. The zero-order valence-corrected chi connectivity index (χ0v) is 24.6. The number of fused-ring (bicyclic) bond motifs is 1. The fourth-order valence-electron chi connectivity index (χ4n) is 5.24. The van der Waals surface area contributed by atoms with Gasteiger partial charge in [-0.3, -0.25) is 13.9 Å². The summed E-state index contributed by atoms with van der Waals surface area (Å²) in [6.07, 6.45) is 0.893. The number of anilines is 1. The van der Waals surface area contributed by atoms with Crippen molar-refractivity contribution < 1.29 is 38.1 Å². The van der Waals surface area contributed by atoms with Gasteiger partial charge >= 0.3 is 13.7 Å². The van der Waals surface area contributed by atoms with Crippen molar-refractivity contribution in [2.75, 3.05) is 5.73 Å². The number of carbonyl (C=O) groups excluding carboxylic acids is 1. The molecule has 0 amide bonds. The summed E-state index contributed by atoms with van der Waals surface area (Å²) in [4.78, 5) is 25.2. The van der Waals surface area contributed by atoms with Gasteiger partial charge in [-0.1, -0.05) is 24.6 Å². The molecule has 3 unspecified atom stereocenters. The summed E-state index contributed by atoms with van der Waals surface area (Å²) in [7, 11) is -4.29. The molecule has 14 nitrogen and oxygen atoms in total. The maximum atomic E-state index is 14.2. The van der Waals surface area contributed by atoms with Gasteiger partial charge in [-0.25, -0.2) is 19.5 Å². The lowest BCUT2D eigenvalue weighted by Gasteiger charge is -2.29. The Balaban J connectivity index is 1.34. The number of hydrogen-bond acceptors (Lipinski definition) is 12. The number of aryl methyl sites for hydroxylation is 1. The lowest BCUT2D eigenvalue weighted by atomic mass is 9.98. The van der Waals surface area contributed by atoms with Crippen LogP contribution in [0.4, 0.5) is 5.82 Å². The quantitative estimate of drug-likeness (QED) is 0.195. The lowest BCUT2D eigenvalue weighted by molar-refractivity contribution is -0.152. The number of nitrogens with two attached hydrogens (primary N) is 1. The third-order valence-electron chi connectivity index (χ3n) is 7.56. The second-order valence-corrected chi connectivity index (χ2v) is 12.4. The maximum Gasteiger partial charge on any atom is 0.459 e. The lowest BCUT2D eigenvalue weighted by Crippen LogP contribution is -2.41. The van der Waals surface area contributed by atoms with Gasteiger partial charge < -0.3 is 29.9 Å². The van der Waals surface area contributed by atoms with Crippen LogP contribution in [0, 0.1) is 6.92 Å². The van der Waals surface area contributed by atoms with Crippen LogP contribution in [0.25, 0.3) is 11.2 Å². The number of hydrogen-bond donors (Lipinski definition) is 4. The van der Waals surface area contributed by atoms with Gasteiger partial charge in [0.1, 0.15) is 48.1 Å². The molecular formula is C27H37N6O8P. The van der Waals surface area contributed by atoms with Crippen LogP contribution in [0.5, 0.6) is 5.75 Å². The maximum absolute atomic E-state index is 14.2. The molecule has 7 atom stereocenters. The van der Waals surface area contributed by atoms with Crippen LogP contribution in [0.1, 0.15) is 57.7 Å². The normalized spacial score (nSPS) is 26.0. The number of aromatic nitrogens is 4.